The number of carbonyl (C=O) groups is 1. The molecule has 0 radical (unpaired) electrons. The zero-order valence-corrected chi connectivity index (χ0v) is 17.8. The molecule has 1 atom stereocenters. The molecule has 0 saturated carbocycles. The number of esters is 1. The molecule has 1 aromatic rings. The standard InChI is InChI=1S/C22H37NO3/c1-9-11-12-23-18(20(25)26-10-2)15-13-16(21(3,4)5)19(24)17(14-15)22(6,7)8/h13-14,18,23-24H,9-12H2,1-8H3. The highest BCUT2D eigenvalue weighted by Gasteiger charge is 2.30. The van der Waals surface area contributed by atoms with Gasteiger partial charge in [-0.15, -0.1) is 0 Å². The summed E-state index contributed by atoms with van der Waals surface area (Å²) in [5, 5.41) is 14.2. The van der Waals surface area contributed by atoms with E-state index in [0.29, 0.717) is 12.4 Å². The molecule has 0 fully saturated rings. The molecule has 0 aliphatic carbocycles. The molecule has 2 N–H and O–H groups in total. The summed E-state index contributed by atoms with van der Waals surface area (Å²) >= 11 is 0. The number of unbranched alkanes of at least 4 members (excludes halogenated alkanes) is 1. The summed E-state index contributed by atoms with van der Waals surface area (Å²) < 4.78 is 5.31. The normalized spacial score (nSPS) is 13.5. The number of hydrogen-bond donors (Lipinski definition) is 2. The second-order valence-corrected chi connectivity index (χ2v) is 8.96. The van der Waals surface area contributed by atoms with Crippen molar-refractivity contribution in [2.45, 2.75) is 85.1 Å². The zero-order chi connectivity index (χ0) is 20.1. The monoisotopic (exact) mass is 363 g/mol. The maximum absolute atomic E-state index is 12.6. The maximum atomic E-state index is 12.6. The molecule has 0 spiro atoms. The van der Waals surface area contributed by atoms with Gasteiger partial charge >= 0.3 is 5.97 Å². The number of hydrogen-bond acceptors (Lipinski definition) is 4. The number of carbonyl (C=O) groups excluding carboxylic acids is 1. The van der Waals surface area contributed by atoms with Crippen molar-refractivity contribution in [2.75, 3.05) is 13.2 Å². The number of nitrogens with one attached hydrogen (secondary N) is 1. The molecule has 4 nitrogen and oxygen atoms in total. The Kier molecular flexibility index (Phi) is 7.70. The minimum absolute atomic E-state index is 0.233. The van der Waals surface area contributed by atoms with E-state index in [4.69, 9.17) is 4.74 Å². The van der Waals surface area contributed by atoms with E-state index in [2.05, 4.69) is 53.8 Å². The number of rotatable bonds is 7. The molecular formula is C22H37NO3. The van der Waals surface area contributed by atoms with Gasteiger partial charge in [0.15, 0.2) is 0 Å². The Morgan fingerprint density at radius 3 is 1.96 bits per heavy atom. The largest absolute Gasteiger partial charge is 0.507 e. The van der Waals surface area contributed by atoms with Gasteiger partial charge in [0, 0.05) is 0 Å². The quantitative estimate of drug-likeness (QED) is 0.530. The van der Waals surface area contributed by atoms with Crippen molar-refractivity contribution in [3.63, 3.8) is 0 Å². The molecule has 26 heavy (non-hydrogen) atoms. The summed E-state index contributed by atoms with van der Waals surface area (Å²) in [5.41, 5.74) is 2.09. The van der Waals surface area contributed by atoms with Crippen LogP contribution in [0.5, 0.6) is 5.75 Å². The van der Waals surface area contributed by atoms with Crippen LogP contribution in [0.4, 0.5) is 0 Å². The Labute approximate surface area is 159 Å². The average Bonchev–Trinajstić information content (AvgIpc) is 2.50. The van der Waals surface area contributed by atoms with Gasteiger partial charge in [-0.2, -0.15) is 0 Å². The Balaban J connectivity index is 3.51. The fourth-order valence-corrected chi connectivity index (χ4v) is 2.95. The van der Waals surface area contributed by atoms with Crippen LogP contribution in [0.1, 0.15) is 91.0 Å². The van der Waals surface area contributed by atoms with Crippen LogP contribution in [0.3, 0.4) is 0 Å². The summed E-state index contributed by atoms with van der Waals surface area (Å²) in [6.07, 6.45) is 2.05. The first-order valence-corrected chi connectivity index (χ1v) is 9.71. The molecule has 0 aromatic heterocycles. The second-order valence-electron chi connectivity index (χ2n) is 8.96. The Morgan fingerprint density at radius 2 is 1.58 bits per heavy atom. The van der Waals surface area contributed by atoms with E-state index in [1.165, 1.54) is 0 Å². The second kappa shape index (κ2) is 8.90. The van der Waals surface area contributed by atoms with Crippen LogP contribution in [0, 0.1) is 0 Å². The van der Waals surface area contributed by atoms with E-state index in [1.807, 2.05) is 19.1 Å². The molecule has 1 unspecified atom stereocenters. The van der Waals surface area contributed by atoms with Crippen LogP contribution in [0.25, 0.3) is 0 Å². The predicted octanol–water partition coefficient (Wildman–Crippen LogP) is 4.98. The third kappa shape index (κ3) is 5.73. The lowest BCUT2D eigenvalue weighted by Gasteiger charge is -2.29. The lowest BCUT2D eigenvalue weighted by Crippen LogP contribution is -2.32. The molecule has 0 amide bonds. The molecule has 0 bridgehead atoms. The first-order valence-electron chi connectivity index (χ1n) is 9.71. The number of aromatic hydroxyl groups is 1. The zero-order valence-electron chi connectivity index (χ0n) is 17.8. The number of phenolic OH excluding ortho intramolecular Hbond substituents is 1. The van der Waals surface area contributed by atoms with Crippen molar-refractivity contribution in [3.8, 4) is 5.75 Å². The van der Waals surface area contributed by atoms with Crippen LogP contribution in [0.15, 0.2) is 12.1 Å². The van der Waals surface area contributed by atoms with Gasteiger partial charge in [0.1, 0.15) is 11.8 Å². The molecular weight excluding hydrogens is 326 g/mol. The average molecular weight is 364 g/mol. The van der Waals surface area contributed by atoms with Crippen LogP contribution >= 0.6 is 0 Å². The topological polar surface area (TPSA) is 58.6 Å². The van der Waals surface area contributed by atoms with Gasteiger partial charge in [0.05, 0.1) is 6.61 Å². The smallest absolute Gasteiger partial charge is 0.327 e. The van der Waals surface area contributed by atoms with Crippen LogP contribution in [-0.2, 0) is 20.4 Å². The van der Waals surface area contributed by atoms with Crippen molar-refractivity contribution in [3.05, 3.63) is 28.8 Å². The van der Waals surface area contributed by atoms with Gasteiger partial charge in [0.2, 0.25) is 0 Å². The lowest BCUT2D eigenvalue weighted by molar-refractivity contribution is -0.145. The van der Waals surface area contributed by atoms with E-state index in [9.17, 15) is 9.90 Å². The van der Waals surface area contributed by atoms with Crippen molar-refractivity contribution in [2.24, 2.45) is 0 Å². The Bertz CT molecular complexity index is 574. The van der Waals surface area contributed by atoms with E-state index < -0.39 is 6.04 Å². The van der Waals surface area contributed by atoms with Crippen LogP contribution in [0.2, 0.25) is 0 Å². The van der Waals surface area contributed by atoms with Crippen molar-refractivity contribution >= 4 is 5.97 Å². The van der Waals surface area contributed by atoms with Gasteiger partial charge < -0.3 is 15.2 Å². The first kappa shape index (κ1) is 22.5. The fraction of sp³-hybridized carbons (Fsp3) is 0.682. The Hall–Kier alpha value is -1.55. The molecule has 0 saturated heterocycles. The summed E-state index contributed by atoms with van der Waals surface area (Å²) in [5.74, 6) is 0.0546. The minimum Gasteiger partial charge on any atom is -0.507 e. The molecule has 148 valence electrons. The predicted molar refractivity (Wildman–Crippen MR) is 108 cm³/mol. The van der Waals surface area contributed by atoms with Gasteiger partial charge in [-0.1, -0.05) is 54.9 Å². The van der Waals surface area contributed by atoms with E-state index >= 15 is 0 Å². The van der Waals surface area contributed by atoms with Crippen molar-refractivity contribution in [1.29, 1.82) is 0 Å². The molecule has 0 aliphatic rings. The first-order chi connectivity index (χ1) is 11.9. The number of ether oxygens (including phenoxy) is 1. The highest BCUT2D eigenvalue weighted by Crippen LogP contribution is 2.41. The van der Waals surface area contributed by atoms with E-state index in [0.717, 1.165) is 36.1 Å². The molecule has 0 heterocycles. The lowest BCUT2D eigenvalue weighted by atomic mass is 9.77. The van der Waals surface area contributed by atoms with Gasteiger partial charge in [-0.05, 0) is 59.5 Å². The number of benzene rings is 1. The summed E-state index contributed by atoms with van der Waals surface area (Å²) in [4.78, 5) is 12.6. The van der Waals surface area contributed by atoms with Gasteiger partial charge in [-0.25, -0.2) is 4.79 Å². The molecule has 1 rings (SSSR count). The maximum Gasteiger partial charge on any atom is 0.327 e. The van der Waals surface area contributed by atoms with Crippen LogP contribution in [-0.4, -0.2) is 24.2 Å². The van der Waals surface area contributed by atoms with E-state index in [-0.39, 0.29) is 16.8 Å². The highest BCUT2D eigenvalue weighted by atomic mass is 16.5. The van der Waals surface area contributed by atoms with Gasteiger partial charge in [-0.3, -0.25) is 0 Å². The third-order valence-electron chi connectivity index (χ3n) is 4.48. The molecule has 4 heteroatoms. The fourth-order valence-electron chi connectivity index (χ4n) is 2.95. The molecule has 1 aromatic carbocycles. The number of phenols is 1. The van der Waals surface area contributed by atoms with E-state index in [1.54, 1.807) is 0 Å². The SMILES string of the molecule is CCCCNC(C(=O)OCC)c1cc(C(C)(C)C)c(O)c(C(C)(C)C)c1. The summed E-state index contributed by atoms with van der Waals surface area (Å²) in [6, 6.07) is 3.38. The minimum atomic E-state index is -0.524. The summed E-state index contributed by atoms with van der Waals surface area (Å²) in [6.45, 7) is 17.5. The molecule has 0 aliphatic heterocycles. The van der Waals surface area contributed by atoms with Crippen molar-refractivity contribution < 1.29 is 14.6 Å². The van der Waals surface area contributed by atoms with Gasteiger partial charge in [0.25, 0.3) is 0 Å². The third-order valence-corrected chi connectivity index (χ3v) is 4.48. The Morgan fingerprint density at radius 1 is 1.08 bits per heavy atom. The van der Waals surface area contributed by atoms with Crippen molar-refractivity contribution in [1.82, 2.24) is 5.32 Å². The summed E-state index contributed by atoms with van der Waals surface area (Å²) in [7, 11) is 0. The van der Waals surface area contributed by atoms with Crippen LogP contribution < -0.4 is 5.32 Å². The highest BCUT2D eigenvalue weighted by molar-refractivity contribution is 5.78.